The smallest absolute Gasteiger partial charge is 0.347 e. The van der Waals surface area contributed by atoms with Crippen molar-refractivity contribution in [1.29, 1.82) is 0 Å². The predicted molar refractivity (Wildman–Crippen MR) is 76.9 cm³/mol. The van der Waals surface area contributed by atoms with E-state index in [9.17, 15) is 14.0 Å². The Balaban J connectivity index is 2.42. The van der Waals surface area contributed by atoms with Crippen LogP contribution in [0.1, 0.15) is 13.8 Å². The third kappa shape index (κ3) is 6.09. The highest BCUT2D eigenvalue weighted by Crippen LogP contribution is 2.13. The van der Waals surface area contributed by atoms with Crippen molar-refractivity contribution in [3.05, 3.63) is 30.1 Å². The van der Waals surface area contributed by atoms with Crippen molar-refractivity contribution in [1.82, 2.24) is 5.32 Å². The fraction of sp³-hybridized carbons (Fsp3) is 0.467. The number of methoxy groups -OCH3 is 1. The first-order valence-corrected chi connectivity index (χ1v) is 6.83. The Morgan fingerprint density at radius 2 is 1.82 bits per heavy atom. The molecule has 122 valence electrons. The topological polar surface area (TPSA) is 73.9 Å². The molecule has 0 saturated heterocycles. The molecular weight excluding hydrogens is 293 g/mol. The van der Waals surface area contributed by atoms with Crippen LogP contribution in [0.25, 0.3) is 0 Å². The van der Waals surface area contributed by atoms with Crippen LogP contribution in [0.4, 0.5) is 4.39 Å². The van der Waals surface area contributed by atoms with Crippen LogP contribution >= 0.6 is 0 Å². The fourth-order valence-corrected chi connectivity index (χ4v) is 1.51. The number of hydrogen-bond donors (Lipinski definition) is 1. The first kappa shape index (κ1) is 17.9. The summed E-state index contributed by atoms with van der Waals surface area (Å²) in [6.45, 7) is 3.65. The summed E-state index contributed by atoms with van der Waals surface area (Å²) >= 11 is 0. The lowest BCUT2D eigenvalue weighted by molar-refractivity contribution is -0.160. The van der Waals surface area contributed by atoms with Crippen molar-refractivity contribution in [2.45, 2.75) is 26.1 Å². The first-order chi connectivity index (χ1) is 10.4. The zero-order valence-electron chi connectivity index (χ0n) is 12.8. The lowest BCUT2D eigenvalue weighted by Crippen LogP contribution is -2.39. The van der Waals surface area contributed by atoms with Gasteiger partial charge in [0.15, 0.2) is 12.2 Å². The lowest BCUT2D eigenvalue weighted by Gasteiger charge is -2.17. The molecule has 1 amide bonds. The summed E-state index contributed by atoms with van der Waals surface area (Å²) in [7, 11) is 1.52. The molecule has 0 bridgehead atoms. The van der Waals surface area contributed by atoms with Crippen LogP contribution in [-0.2, 0) is 19.1 Å². The molecule has 1 rings (SSSR count). The number of benzene rings is 1. The van der Waals surface area contributed by atoms with Gasteiger partial charge in [0, 0.05) is 13.7 Å². The zero-order valence-corrected chi connectivity index (χ0v) is 12.8. The Morgan fingerprint density at radius 1 is 1.18 bits per heavy atom. The van der Waals surface area contributed by atoms with E-state index in [0.717, 1.165) is 0 Å². The third-order valence-electron chi connectivity index (χ3n) is 2.73. The van der Waals surface area contributed by atoms with Crippen molar-refractivity contribution in [2.75, 3.05) is 20.3 Å². The minimum absolute atomic E-state index is 0.332. The van der Waals surface area contributed by atoms with E-state index in [0.29, 0.717) is 18.9 Å². The van der Waals surface area contributed by atoms with E-state index in [1.807, 2.05) is 0 Å². The second kappa shape index (κ2) is 8.99. The number of ether oxygens (including phenoxy) is 3. The summed E-state index contributed by atoms with van der Waals surface area (Å²) in [6.07, 6.45) is -1.86. The summed E-state index contributed by atoms with van der Waals surface area (Å²) in [5, 5.41) is 2.56. The van der Waals surface area contributed by atoms with Gasteiger partial charge in [-0.15, -0.1) is 0 Å². The number of hydrogen-bond acceptors (Lipinski definition) is 5. The fourth-order valence-electron chi connectivity index (χ4n) is 1.51. The number of carbonyl (C=O) groups excluding carboxylic acids is 2. The normalized spacial score (nSPS) is 13.1. The van der Waals surface area contributed by atoms with Gasteiger partial charge in [-0.1, -0.05) is 0 Å². The minimum Gasteiger partial charge on any atom is -0.479 e. The monoisotopic (exact) mass is 313 g/mol. The molecule has 1 N–H and O–H groups in total. The lowest BCUT2D eigenvalue weighted by atomic mass is 10.3. The maximum Gasteiger partial charge on any atom is 0.347 e. The van der Waals surface area contributed by atoms with Gasteiger partial charge in [0.05, 0.1) is 6.61 Å². The van der Waals surface area contributed by atoms with Gasteiger partial charge in [0.2, 0.25) is 0 Å². The Bertz CT molecular complexity index is 491. The number of carbonyl (C=O) groups is 2. The Morgan fingerprint density at radius 3 is 2.41 bits per heavy atom. The number of nitrogens with one attached hydrogen (secondary N) is 1. The van der Waals surface area contributed by atoms with Crippen molar-refractivity contribution in [2.24, 2.45) is 0 Å². The molecule has 22 heavy (non-hydrogen) atoms. The highest BCUT2D eigenvalue weighted by molar-refractivity contribution is 5.84. The third-order valence-corrected chi connectivity index (χ3v) is 2.73. The number of halogens is 1. The van der Waals surface area contributed by atoms with Crippen molar-refractivity contribution in [3.63, 3.8) is 0 Å². The molecule has 0 spiro atoms. The van der Waals surface area contributed by atoms with E-state index < -0.39 is 29.9 Å². The van der Waals surface area contributed by atoms with Crippen LogP contribution in [-0.4, -0.2) is 44.3 Å². The Kier molecular flexibility index (Phi) is 7.31. The SMILES string of the molecule is COCCNC(=O)[C@H](C)OC(=O)[C@H](C)Oc1ccc(F)cc1. The molecule has 1 aromatic rings. The van der Waals surface area contributed by atoms with E-state index in [2.05, 4.69) is 5.32 Å². The molecule has 0 unspecified atom stereocenters. The molecule has 2 atom stereocenters. The average molecular weight is 313 g/mol. The minimum atomic E-state index is -0.941. The Hall–Kier alpha value is -2.15. The summed E-state index contributed by atoms with van der Waals surface area (Å²) in [4.78, 5) is 23.5. The molecular formula is C15H20FNO5. The molecule has 0 fully saturated rings. The van der Waals surface area contributed by atoms with Crippen LogP contribution < -0.4 is 10.1 Å². The first-order valence-electron chi connectivity index (χ1n) is 6.83. The second-order valence-corrected chi connectivity index (χ2v) is 4.58. The van der Waals surface area contributed by atoms with Gasteiger partial charge in [-0.05, 0) is 38.1 Å². The van der Waals surface area contributed by atoms with Crippen LogP contribution in [0, 0.1) is 5.82 Å². The van der Waals surface area contributed by atoms with Gasteiger partial charge in [-0.25, -0.2) is 9.18 Å². The van der Waals surface area contributed by atoms with Gasteiger partial charge in [-0.3, -0.25) is 4.79 Å². The molecule has 0 aliphatic heterocycles. The Labute approximate surface area is 128 Å². The zero-order chi connectivity index (χ0) is 16.5. The molecule has 0 heterocycles. The maximum atomic E-state index is 12.8. The van der Waals surface area contributed by atoms with Crippen molar-refractivity contribution in [3.8, 4) is 5.75 Å². The van der Waals surface area contributed by atoms with Gasteiger partial charge >= 0.3 is 5.97 Å². The summed E-state index contributed by atoms with van der Waals surface area (Å²) in [5.41, 5.74) is 0. The second-order valence-electron chi connectivity index (χ2n) is 4.58. The standard InChI is InChI=1S/C15H20FNO5/c1-10(14(18)17-8-9-20-3)22-15(19)11(2)21-13-6-4-12(16)5-7-13/h4-7,10-11H,8-9H2,1-3H3,(H,17,18)/t10-,11-/m0/s1. The van der Waals surface area contributed by atoms with Crippen LogP contribution in [0.3, 0.4) is 0 Å². The van der Waals surface area contributed by atoms with Crippen molar-refractivity contribution >= 4 is 11.9 Å². The predicted octanol–water partition coefficient (Wildman–Crippen LogP) is 1.29. The van der Waals surface area contributed by atoms with Gasteiger partial charge in [0.25, 0.3) is 5.91 Å². The molecule has 0 aliphatic rings. The molecule has 1 aromatic carbocycles. The summed E-state index contributed by atoms with van der Waals surface area (Å²) < 4.78 is 27.9. The van der Waals surface area contributed by atoms with E-state index in [4.69, 9.17) is 14.2 Å². The van der Waals surface area contributed by atoms with Crippen molar-refractivity contribution < 1.29 is 28.2 Å². The van der Waals surface area contributed by atoms with E-state index >= 15 is 0 Å². The molecule has 6 nitrogen and oxygen atoms in total. The van der Waals surface area contributed by atoms with Gasteiger partial charge in [-0.2, -0.15) is 0 Å². The summed E-state index contributed by atoms with van der Waals surface area (Å²) in [6, 6.07) is 5.25. The number of rotatable bonds is 8. The van der Waals surface area contributed by atoms with Crippen LogP contribution in [0.15, 0.2) is 24.3 Å². The highest BCUT2D eigenvalue weighted by atomic mass is 19.1. The van der Waals surface area contributed by atoms with Crippen LogP contribution in [0.2, 0.25) is 0 Å². The molecule has 0 saturated carbocycles. The van der Waals surface area contributed by atoms with Gasteiger partial charge < -0.3 is 19.5 Å². The molecule has 7 heteroatoms. The quantitative estimate of drug-likeness (QED) is 0.578. The maximum absolute atomic E-state index is 12.8. The largest absolute Gasteiger partial charge is 0.479 e. The molecule has 0 aromatic heterocycles. The average Bonchev–Trinajstić information content (AvgIpc) is 2.49. The van der Waals surface area contributed by atoms with Gasteiger partial charge in [0.1, 0.15) is 11.6 Å². The van der Waals surface area contributed by atoms with E-state index in [-0.39, 0.29) is 0 Å². The summed E-state index contributed by atoms with van der Waals surface area (Å²) in [5.74, 6) is -1.16. The molecule has 0 radical (unpaired) electrons. The number of amides is 1. The van der Waals surface area contributed by atoms with Crippen LogP contribution in [0.5, 0.6) is 5.75 Å². The van der Waals surface area contributed by atoms with E-state index in [1.54, 1.807) is 0 Å². The number of esters is 1. The highest BCUT2D eigenvalue weighted by Gasteiger charge is 2.22. The molecule has 0 aliphatic carbocycles. The van der Waals surface area contributed by atoms with E-state index in [1.165, 1.54) is 45.2 Å².